The molecule has 5 nitrogen and oxygen atoms in total. The topological polar surface area (TPSA) is 56.3 Å². The van der Waals surface area contributed by atoms with Crippen LogP contribution in [0.25, 0.3) is 10.9 Å². The monoisotopic (exact) mass is 509 g/mol. The van der Waals surface area contributed by atoms with Crippen LogP contribution in [0.4, 0.5) is 19.0 Å². The average Bonchev–Trinajstić information content (AvgIpc) is 3.21. The molecule has 2 aromatic carbocycles. The number of nitrogens with one attached hydrogen (secondary N) is 1. The average molecular weight is 510 g/mol. The summed E-state index contributed by atoms with van der Waals surface area (Å²) in [6.07, 6.45) is -3.62. The Hall–Kier alpha value is -2.39. The number of benzene rings is 2. The second kappa shape index (κ2) is 8.86. The maximum absolute atomic E-state index is 13.4. The van der Waals surface area contributed by atoms with Gasteiger partial charge in [0.15, 0.2) is 0 Å². The van der Waals surface area contributed by atoms with Gasteiger partial charge in [-0.15, -0.1) is 0 Å². The molecule has 2 atom stereocenters. The van der Waals surface area contributed by atoms with Gasteiger partial charge in [0.25, 0.3) is 0 Å². The van der Waals surface area contributed by atoms with E-state index in [-0.39, 0.29) is 11.7 Å². The molecular formula is C23H23BrF3N3O2. The zero-order valence-corrected chi connectivity index (χ0v) is 19.5. The Labute approximate surface area is 192 Å². The Bertz CT molecular complexity index is 1150. The molecular weight excluding hydrogens is 487 g/mol. The van der Waals surface area contributed by atoms with Crippen LogP contribution in [0.1, 0.15) is 41.9 Å². The van der Waals surface area contributed by atoms with E-state index in [0.717, 1.165) is 22.3 Å². The highest BCUT2D eigenvalue weighted by Crippen LogP contribution is 2.37. The maximum atomic E-state index is 13.4. The number of aryl methyl sites for hydroxylation is 1. The highest BCUT2D eigenvalue weighted by molar-refractivity contribution is 9.10. The molecule has 32 heavy (non-hydrogen) atoms. The van der Waals surface area contributed by atoms with E-state index in [1.807, 2.05) is 19.1 Å². The summed E-state index contributed by atoms with van der Waals surface area (Å²) in [7, 11) is 0. The smallest absolute Gasteiger partial charge is 0.416 e. The Kier molecular flexibility index (Phi) is 6.31. The molecule has 4 rings (SSSR count). The molecule has 1 aliphatic rings. The fourth-order valence-corrected chi connectivity index (χ4v) is 4.37. The quantitative estimate of drug-likeness (QED) is 0.433. The lowest BCUT2D eigenvalue weighted by molar-refractivity contribution is -0.138. The summed E-state index contributed by atoms with van der Waals surface area (Å²) in [5.74, 6) is 1.74. The molecule has 1 N–H and O–H groups in total. The van der Waals surface area contributed by atoms with Crippen molar-refractivity contribution in [1.82, 2.24) is 9.97 Å². The predicted molar refractivity (Wildman–Crippen MR) is 120 cm³/mol. The van der Waals surface area contributed by atoms with Crippen molar-refractivity contribution in [1.29, 1.82) is 0 Å². The van der Waals surface area contributed by atoms with E-state index >= 15 is 0 Å². The molecule has 0 unspecified atom stereocenters. The van der Waals surface area contributed by atoms with Gasteiger partial charge in [-0.3, -0.25) is 0 Å². The van der Waals surface area contributed by atoms with Crippen molar-refractivity contribution in [3.05, 3.63) is 57.3 Å². The van der Waals surface area contributed by atoms with Gasteiger partial charge < -0.3 is 14.8 Å². The number of hydrogen-bond acceptors (Lipinski definition) is 5. The van der Waals surface area contributed by atoms with E-state index in [1.165, 1.54) is 13.0 Å². The number of hydrogen-bond donors (Lipinski definition) is 1. The van der Waals surface area contributed by atoms with Gasteiger partial charge in [0.05, 0.1) is 34.8 Å². The van der Waals surface area contributed by atoms with Gasteiger partial charge in [0.2, 0.25) is 0 Å². The zero-order chi connectivity index (χ0) is 23.0. The van der Waals surface area contributed by atoms with Crippen molar-refractivity contribution in [3.8, 4) is 5.75 Å². The Morgan fingerprint density at radius 1 is 1.22 bits per heavy atom. The van der Waals surface area contributed by atoms with Crippen LogP contribution in [0.15, 0.2) is 34.8 Å². The molecule has 3 aromatic rings. The van der Waals surface area contributed by atoms with E-state index in [4.69, 9.17) is 9.47 Å². The summed E-state index contributed by atoms with van der Waals surface area (Å²) < 4.78 is 52.3. The van der Waals surface area contributed by atoms with Crippen molar-refractivity contribution in [3.63, 3.8) is 0 Å². The number of alkyl halides is 3. The first kappa shape index (κ1) is 22.8. The molecule has 0 spiro atoms. The van der Waals surface area contributed by atoms with Crippen molar-refractivity contribution in [2.24, 2.45) is 0 Å². The van der Waals surface area contributed by atoms with Crippen LogP contribution in [-0.4, -0.2) is 29.3 Å². The van der Waals surface area contributed by atoms with Crippen LogP contribution >= 0.6 is 15.9 Å². The number of nitrogens with zero attached hydrogens (tertiary/aromatic N) is 2. The molecule has 1 aliphatic heterocycles. The molecule has 0 saturated carbocycles. The van der Waals surface area contributed by atoms with Crippen molar-refractivity contribution >= 4 is 32.7 Å². The third kappa shape index (κ3) is 4.68. The fraction of sp³-hybridized carbons (Fsp3) is 0.391. The summed E-state index contributed by atoms with van der Waals surface area (Å²) in [5.41, 5.74) is 0.824. The van der Waals surface area contributed by atoms with Crippen LogP contribution in [0.5, 0.6) is 5.75 Å². The lowest BCUT2D eigenvalue weighted by Crippen LogP contribution is -2.16. The predicted octanol–water partition coefficient (Wildman–Crippen LogP) is 6.37. The number of halogens is 4. The second-order valence-electron chi connectivity index (χ2n) is 7.91. The Morgan fingerprint density at radius 2 is 2.00 bits per heavy atom. The normalized spacial score (nSPS) is 17.5. The zero-order valence-electron chi connectivity index (χ0n) is 17.9. The number of rotatable bonds is 5. The minimum atomic E-state index is -4.40. The van der Waals surface area contributed by atoms with Gasteiger partial charge in [-0.25, -0.2) is 9.97 Å². The van der Waals surface area contributed by atoms with Crippen molar-refractivity contribution in [2.75, 3.05) is 18.5 Å². The summed E-state index contributed by atoms with van der Waals surface area (Å²) in [4.78, 5) is 9.03. The molecule has 9 heteroatoms. The van der Waals surface area contributed by atoms with E-state index in [1.54, 1.807) is 13.0 Å². The maximum Gasteiger partial charge on any atom is 0.416 e. The van der Waals surface area contributed by atoms with Crippen LogP contribution < -0.4 is 10.1 Å². The highest BCUT2D eigenvalue weighted by Gasteiger charge is 2.33. The first-order chi connectivity index (χ1) is 15.1. The molecule has 170 valence electrons. The molecule has 2 heterocycles. The van der Waals surface area contributed by atoms with E-state index in [0.29, 0.717) is 41.7 Å². The minimum absolute atomic E-state index is 0.0294. The number of aromatic nitrogens is 2. The van der Waals surface area contributed by atoms with Gasteiger partial charge in [0.1, 0.15) is 23.5 Å². The van der Waals surface area contributed by atoms with Gasteiger partial charge >= 0.3 is 6.18 Å². The van der Waals surface area contributed by atoms with Crippen LogP contribution in [0.3, 0.4) is 0 Å². The standard InChI is InChI=1S/C23H23BrF3N3O2/c1-12-16(5-4-6-18(12)23(25,26)27)13(2)28-22-17-9-21(32-15-7-8-31-11-15)19(24)10-20(17)29-14(3)30-22/h4-6,9-10,13,15H,7-8,11H2,1-3H3,(H,28,29,30)/t13-,15+/m1/s1. The fourth-order valence-electron chi connectivity index (χ4n) is 3.94. The summed E-state index contributed by atoms with van der Waals surface area (Å²) in [5, 5.41) is 4.01. The molecule has 0 amide bonds. The lowest BCUT2D eigenvalue weighted by atomic mass is 9.97. The first-order valence-electron chi connectivity index (χ1n) is 10.3. The number of anilines is 1. The second-order valence-corrected chi connectivity index (χ2v) is 8.76. The van der Waals surface area contributed by atoms with Crippen molar-refractivity contribution < 1.29 is 22.6 Å². The van der Waals surface area contributed by atoms with Gasteiger partial charge in [-0.2, -0.15) is 13.2 Å². The summed E-state index contributed by atoms with van der Waals surface area (Å²) >= 11 is 3.54. The van der Waals surface area contributed by atoms with E-state index < -0.39 is 17.8 Å². The van der Waals surface area contributed by atoms with Crippen LogP contribution in [0.2, 0.25) is 0 Å². The molecule has 0 aliphatic carbocycles. The SMILES string of the molecule is Cc1nc(N[C@H](C)c2cccc(C(F)(F)F)c2C)c2cc(O[C@H]3CCOC3)c(Br)cc2n1. The summed E-state index contributed by atoms with van der Waals surface area (Å²) in [6.45, 7) is 6.29. The van der Waals surface area contributed by atoms with Gasteiger partial charge in [0, 0.05) is 11.8 Å². The largest absolute Gasteiger partial charge is 0.487 e. The third-order valence-electron chi connectivity index (χ3n) is 5.54. The summed E-state index contributed by atoms with van der Waals surface area (Å²) in [6, 6.07) is 7.53. The van der Waals surface area contributed by atoms with Crippen molar-refractivity contribution in [2.45, 2.75) is 45.5 Å². The Balaban J connectivity index is 1.71. The lowest BCUT2D eigenvalue weighted by Gasteiger charge is -2.21. The number of fused-ring (bicyclic) bond motifs is 1. The third-order valence-corrected chi connectivity index (χ3v) is 6.16. The molecule has 0 radical (unpaired) electrons. The first-order valence-corrected chi connectivity index (χ1v) is 11.1. The van der Waals surface area contributed by atoms with Gasteiger partial charge in [-0.05, 0) is 66.0 Å². The van der Waals surface area contributed by atoms with E-state index in [2.05, 4.69) is 31.2 Å². The van der Waals surface area contributed by atoms with Gasteiger partial charge in [-0.1, -0.05) is 12.1 Å². The molecule has 1 saturated heterocycles. The number of ether oxygens (including phenoxy) is 2. The van der Waals surface area contributed by atoms with Crippen LogP contribution in [0, 0.1) is 13.8 Å². The molecule has 1 fully saturated rings. The Morgan fingerprint density at radius 3 is 2.69 bits per heavy atom. The minimum Gasteiger partial charge on any atom is -0.487 e. The molecule has 1 aromatic heterocycles. The van der Waals surface area contributed by atoms with E-state index in [9.17, 15) is 13.2 Å². The van der Waals surface area contributed by atoms with Crippen LogP contribution in [-0.2, 0) is 10.9 Å². The molecule has 0 bridgehead atoms. The highest BCUT2D eigenvalue weighted by atomic mass is 79.9.